The van der Waals surface area contributed by atoms with Gasteiger partial charge in [-0.05, 0) is 18.7 Å². The molecule has 0 aliphatic rings. The van der Waals surface area contributed by atoms with Crippen molar-refractivity contribution >= 4 is 29.3 Å². The lowest BCUT2D eigenvalue weighted by atomic mass is 10.2. The highest BCUT2D eigenvalue weighted by atomic mass is 32.2. The lowest BCUT2D eigenvalue weighted by Crippen LogP contribution is -1.96. The van der Waals surface area contributed by atoms with Crippen molar-refractivity contribution in [3.63, 3.8) is 0 Å². The van der Waals surface area contributed by atoms with Crippen LogP contribution in [0.15, 0.2) is 40.5 Å². The van der Waals surface area contributed by atoms with E-state index < -0.39 is 0 Å². The third-order valence-corrected chi connectivity index (χ3v) is 3.91. The highest BCUT2D eigenvalue weighted by Gasteiger charge is 2.03. The van der Waals surface area contributed by atoms with Crippen LogP contribution in [0.2, 0.25) is 0 Å². The molecule has 0 bridgehead atoms. The smallest absolute Gasteiger partial charge is 0.190 e. The van der Waals surface area contributed by atoms with E-state index in [9.17, 15) is 0 Å². The predicted molar refractivity (Wildman–Crippen MR) is 79.0 cm³/mol. The van der Waals surface area contributed by atoms with Gasteiger partial charge in [-0.3, -0.25) is 0 Å². The molecule has 0 saturated heterocycles. The Hall–Kier alpha value is -1.20. The average molecular weight is 277 g/mol. The molecule has 0 amide bonds. The van der Waals surface area contributed by atoms with E-state index >= 15 is 0 Å². The van der Waals surface area contributed by atoms with E-state index in [2.05, 4.69) is 41.2 Å². The summed E-state index contributed by atoms with van der Waals surface area (Å²) in [6, 6.07) is 10.2. The van der Waals surface area contributed by atoms with Gasteiger partial charge in [0.2, 0.25) is 0 Å². The summed E-state index contributed by atoms with van der Waals surface area (Å²) < 4.78 is 0. The van der Waals surface area contributed by atoms with Crippen LogP contribution < -0.4 is 5.73 Å². The number of hydrogen-bond donors (Lipinski definition) is 1. The summed E-state index contributed by atoms with van der Waals surface area (Å²) >= 11 is 3.19. The van der Waals surface area contributed by atoms with Crippen molar-refractivity contribution in [2.45, 2.75) is 22.9 Å². The van der Waals surface area contributed by atoms with Crippen molar-refractivity contribution < 1.29 is 0 Å². The van der Waals surface area contributed by atoms with Gasteiger partial charge in [-0.1, -0.05) is 41.6 Å². The highest BCUT2D eigenvalue weighted by molar-refractivity contribution is 7.99. The third kappa shape index (κ3) is 3.65. The van der Waals surface area contributed by atoms with Gasteiger partial charge in [0.25, 0.3) is 0 Å². The first-order chi connectivity index (χ1) is 8.67. The summed E-state index contributed by atoms with van der Waals surface area (Å²) in [4.78, 5) is 8.66. The van der Waals surface area contributed by atoms with Crippen molar-refractivity contribution in [1.29, 1.82) is 0 Å². The largest absolute Gasteiger partial charge is 0.384 e. The van der Waals surface area contributed by atoms with Gasteiger partial charge in [0.15, 0.2) is 5.16 Å². The fourth-order valence-corrected chi connectivity index (χ4v) is 2.82. The standard InChI is InChI=1S/C13H15N3S2/c1-9-4-3-5-10(6-9)8-18-13-15-11(14)7-12(16-13)17-2/h3-7H,8H2,1-2H3,(H2,14,15,16). The maximum Gasteiger partial charge on any atom is 0.190 e. The molecule has 1 heterocycles. The first-order valence-corrected chi connectivity index (χ1v) is 7.75. The maximum atomic E-state index is 5.75. The molecule has 0 aliphatic carbocycles. The van der Waals surface area contributed by atoms with Crippen LogP contribution in [0.4, 0.5) is 5.82 Å². The van der Waals surface area contributed by atoms with E-state index in [1.807, 2.05) is 6.26 Å². The molecule has 0 atom stereocenters. The Labute approximate surface area is 116 Å². The molecule has 0 radical (unpaired) electrons. The minimum atomic E-state index is 0.529. The third-order valence-electron chi connectivity index (χ3n) is 2.36. The summed E-state index contributed by atoms with van der Waals surface area (Å²) in [5, 5.41) is 1.65. The minimum Gasteiger partial charge on any atom is -0.384 e. The molecule has 2 aromatic rings. The van der Waals surface area contributed by atoms with Crippen LogP contribution in [0.1, 0.15) is 11.1 Å². The van der Waals surface area contributed by atoms with Crippen LogP contribution >= 0.6 is 23.5 Å². The number of rotatable bonds is 4. The van der Waals surface area contributed by atoms with E-state index in [1.54, 1.807) is 29.6 Å². The van der Waals surface area contributed by atoms with Crippen LogP contribution in [0.25, 0.3) is 0 Å². The molecule has 5 heteroatoms. The lowest BCUT2D eigenvalue weighted by Gasteiger charge is -2.04. The molecule has 3 nitrogen and oxygen atoms in total. The Morgan fingerprint density at radius 2 is 2.06 bits per heavy atom. The average Bonchev–Trinajstić information content (AvgIpc) is 2.36. The quantitative estimate of drug-likeness (QED) is 0.527. The number of nitrogen functional groups attached to an aromatic ring is 1. The van der Waals surface area contributed by atoms with Crippen molar-refractivity contribution in [2.75, 3.05) is 12.0 Å². The molecular weight excluding hydrogens is 262 g/mol. The molecule has 0 fully saturated rings. The van der Waals surface area contributed by atoms with E-state index in [1.165, 1.54) is 11.1 Å². The Bertz CT molecular complexity index is 544. The first-order valence-electron chi connectivity index (χ1n) is 5.54. The zero-order chi connectivity index (χ0) is 13.0. The fourth-order valence-electron chi connectivity index (χ4n) is 1.54. The number of hydrogen-bond acceptors (Lipinski definition) is 5. The molecular formula is C13H15N3S2. The summed E-state index contributed by atoms with van der Waals surface area (Å²) in [5.41, 5.74) is 8.29. The van der Waals surface area contributed by atoms with Gasteiger partial charge in [-0.2, -0.15) is 0 Å². The second kappa shape index (κ2) is 6.11. The summed E-state index contributed by atoms with van der Waals surface area (Å²) in [6.45, 7) is 2.09. The topological polar surface area (TPSA) is 51.8 Å². The summed E-state index contributed by atoms with van der Waals surface area (Å²) in [5.74, 6) is 1.39. The fraction of sp³-hybridized carbons (Fsp3) is 0.231. The van der Waals surface area contributed by atoms with E-state index in [-0.39, 0.29) is 0 Å². The second-order valence-corrected chi connectivity index (χ2v) is 5.66. The first kappa shape index (κ1) is 13.2. The van der Waals surface area contributed by atoms with Crippen molar-refractivity contribution in [3.8, 4) is 0 Å². The van der Waals surface area contributed by atoms with Crippen LogP contribution in [-0.2, 0) is 5.75 Å². The molecule has 2 rings (SSSR count). The van der Waals surface area contributed by atoms with Crippen LogP contribution in [-0.4, -0.2) is 16.2 Å². The number of aryl methyl sites for hydroxylation is 1. The number of anilines is 1. The molecule has 18 heavy (non-hydrogen) atoms. The maximum absolute atomic E-state index is 5.75. The van der Waals surface area contributed by atoms with Gasteiger partial charge >= 0.3 is 0 Å². The zero-order valence-electron chi connectivity index (χ0n) is 10.4. The van der Waals surface area contributed by atoms with Gasteiger partial charge < -0.3 is 5.73 Å². The molecule has 0 unspecified atom stereocenters. The van der Waals surface area contributed by atoms with Crippen LogP contribution in [0.3, 0.4) is 0 Å². The predicted octanol–water partition coefficient (Wildman–Crippen LogP) is 3.38. The minimum absolute atomic E-state index is 0.529. The van der Waals surface area contributed by atoms with Crippen molar-refractivity contribution in [1.82, 2.24) is 9.97 Å². The Morgan fingerprint density at radius 3 is 2.78 bits per heavy atom. The number of nitrogens with zero attached hydrogens (tertiary/aromatic N) is 2. The van der Waals surface area contributed by atoms with Crippen molar-refractivity contribution in [3.05, 3.63) is 41.5 Å². The van der Waals surface area contributed by atoms with E-state index in [0.29, 0.717) is 5.82 Å². The summed E-state index contributed by atoms with van der Waals surface area (Å²) in [7, 11) is 0. The van der Waals surface area contributed by atoms with Gasteiger partial charge in [0.05, 0.1) is 0 Å². The van der Waals surface area contributed by atoms with Crippen molar-refractivity contribution in [2.24, 2.45) is 0 Å². The number of aromatic nitrogens is 2. The van der Waals surface area contributed by atoms with E-state index in [0.717, 1.165) is 15.9 Å². The van der Waals surface area contributed by atoms with Crippen LogP contribution in [0.5, 0.6) is 0 Å². The monoisotopic (exact) mass is 277 g/mol. The Balaban J connectivity index is 2.08. The van der Waals surface area contributed by atoms with Gasteiger partial charge in [0.1, 0.15) is 10.8 Å². The molecule has 0 spiro atoms. The Morgan fingerprint density at radius 1 is 1.22 bits per heavy atom. The number of benzene rings is 1. The van der Waals surface area contributed by atoms with Gasteiger partial charge in [-0.25, -0.2) is 9.97 Å². The molecule has 94 valence electrons. The zero-order valence-corrected chi connectivity index (χ0v) is 12.0. The molecule has 0 aliphatic heterocycles. The SMILES string of the molecule is CSc1cc(N)nc(SCc2cccc(C)c2)n1. The molecule has 0 saturated carbocycles. The second-order valence-electron chi connectivity index (χ2n) is 3.90. The normalized spacial score (nSPS) is 10.6. The number of thioether (sulfide) groups is 2. The van der Waals surface area contributed by atoms with Gasteiger partial charge in [0, 0.05) is 11.8 Å². The lowest BCUT2D eigenvalue weighted by molar-refractivity contribution is 0.900. The molecule has 2 N–H and O–H groups in total. The highest BCUT2D eigenvalue weighted by Crippen LogP contribution is 2.23. The summed E-state index contributed by atoms with van der Waals surface area (Å²) in [6.07, 6.45) is 1.98. The van der Waals surface area contributed by atoms with Crippen LogP contribution in [0, 0.1) is 6.92 Å². The Kier molecular flexibility index (Phi) is 4.49. The van der Waals surface area contributed by atoms with E-state index in [4.69, 9.17) is 5.73 Å². The number of nitrogens with two attached hydrogens (primary N) is 1. The van der Waals surface area contributed by atoms with Gasteiger partial charge in [-0.15, -0.1) is 11.8 Å². The molecule has 1 aromatic heterocycles. The molecule has 1 aromatic carbocycles.